The van der Waals surface area contributed by atoms with Crippen molar-refractivity contribution in [1.82, 2.24) is 15.5 Å². The third kappa shape index (κ3) is 2.73. The maximum atomic E-state index is 12.8. The fourth-order valence-electron chi connectivity index (χ4n) is 1.75. The van der Waals surface area contributed by atoms with Crippen LogP contribution in [0.2, 0.25) is 0 Å². The van der Waals surface area contributed by atoms with Crippen LogP contribution in [0.15, 0.2) is 28.8 Å². The third-order valence-corrected chi connectivity index (χ3v) is 2.98. The van der Waals surface area contributed by atoms with Crippen molar-refractivity contribution in [3.05, 3.63) is 36.0 Å². The van der Waals surface area contributed by atoms with Crippen molar-refractivity contribution in [2.45, 2.75) is 19.4 Å². The molecule has 1 aromatic heterocycles. The molecule has 5 heteroatoms. The van der Waals surface area contributed by atoms with Crippen molar-refractivity contribution in [1.29, 1.82) is 0 Å². The maximum absolute atomic E-state index is 12.8. The van der Waals surface area contributed by atoms with Gasteiger partial charge >= 0.3 is 0 Å². The minimum Gasteiger partial charge on any atom is -0.338 e. The molecule has 4 nitrogen and oxygen atoms in total. The van der Waals surface area contributed by atoms with Crippen molar-refractivity contribution in [3.63, 3.8) is 0 Å². The molecule has 0 atom stereocenters. The van der Waals surface area contributed by atoms with Crippen molar-refractivity contribution in [2.75, 3.05) is 6.54 Å². The lowest BCUT2D eigenvalue weighted by atomic mass is 10.2. The average Bonchev–Trinajstić information content (AvgIpc) is 3.08. The quantitative estimate of drug-likeness (QED) is 0.881. The maximum Gasteiger partial charge on any atom is 0.240 e. The summed E-state index contributed by atoms with van der Waals surface area (Å²) in [6.07, 6.45) is 2.63. The van der Waals surface area contributed by atoms with Crippen molar-refractivity contribution < 1.29 is 8.91 Å². The molecule has 1 N–H and O–H groups in total. The van der Waals surface area contributed by atoms with Gasteiger partial charge in [0.05, 0.1) is 6.54 Å². The van der Waals surface area contributed by atoms with Crippen LogP contribution in [0.1, 0.15) is 18.7 Å². The molecule has 1 aliphatic carbocycles. The van der Waals surface area contributed by atoms with Crippen LogP contribution in [0.5, 0.6) is 0 Å². The summed E-state index contributed by atoms with van der Waals surface area (Å²) in [6, 6.07) is 6.05. The topological polar surface area (TPSA) is 51.0 Å². The molecule has 1 aliphatic rings. The van der Waals surface area contributed by atoms with E-state index in [0.717, 1.165) is 18.0 Å². The Kier molecular flexibility index (Phi) is 3.06. The van der Waals surface area contributed by atoms with Gasteiger partial charge in [0.2, 0.25) is 11.7 Å². The summed E-state index contributed by atoms with van der Waals surface area (Å²) in [5.41, 5.74) is 0.758. The lowest BCUT2D eigenvalue weighted by molar-refractivity contribution is 0.367. The molecule has 0 radical (unpaired) electrons. The highest BCUT2D eigenvalue weighted by Crippen LogP contribution is 2.27. The number of rotatable bonds is 5. The Labute approximate surface area is 104 Å². The molecule has 1 saturated carbocycles. The number of hydrogen-bond donors (Lipinski definition) is 1. The fourth-order valence-corrected chi connectivity index (χ4v) is 1.75. The second kappa shape index (κ2) is 4.86. The Balaban J connectivity index is 1.62. The Morgan fingerprint density at radius 3 is 2.78 bits per heavy atom. The second-order valence-corrected chi connectivity index (χ2v) is 4.59. The van der Waals surface area contributed by atoms with Gasteiger partial charge in [-0.2, -0.15) is 4.98 Å². The monoisotopic (exact) mass is 247 g/mol. The molecular formula is C13H14FN3O. The summed E-state index contributed by atoms with van der Waals surface area (Å²) in [7, 11) is 0. The minimum absolute atomic E-state index is 0.270. The molecule has 0 aliphatic heterocycles. The normalized spacial score (nSPS) is 14.9. The van der Waals surface area contributed by atoms with Gasteiger partial charge in [0.15, 0.2) is 0 Å². The Morgan fingerprint density at radius 1 is 1.28 bits per heavy atom. The number of nitrogens with zero attached hydrogens (tertiary/aromatic N) is 2. The highest BCUT2D eigenvalue weighted by atomic mass is 19.1. The SMILES string of the molecule is Fc1ccc(-c2noc(CNCC3CC3)n2)cc1. The summed E-state index contributed by atoms with van der Waals surface area (Å²) in [5.74, 6) is 1.62. The summed E-state index contributed by atoms with van der Waals surface area (Å²) in [6.45, 7) is 1.60. The van der Waals surface area contributed by atoms with Crippen molar-refractivity contribution in [3.8, 4) is 11.4 Å². The van der Waals surface area contributed by atoms with Gasteiger partial charge in [-0.3, -0.25) is 0 Å². The van der Waals surface area contributed by atoms with Gasteiger partial charge in [0.1, 0.15) is 5.82 Å². The van der Waals surface area contributed by atoms with E-state index in [0.29, 0.717) is 18.3 Å². The van der Waals surface area contributed by atoms with E-state index in [-0.39, 0.29) is 5.82 Å². The fraction of sp³-hybridized carbons (Fsp3) is 0.385. The van der Waals surface area contributed by atoms with Gasteiger partial charge in [-0.1, -0.05) is 5.16 Å². The van der Waals surface area contributed by atoms with E-state index < -0.39 is 0 Å². The van der Waals surface area contributed by atoms with Crippen molar-refractivity contribution >= 4 is 0 Å². The highest BCUT2D eigenvalue weighted by molar-refractivity contribution is 5.53. The van der Waals surface area contributed by atoms with Crippen LogP contribution in [0.25, 0.3) is 11.4 Å². The molecule has 1 heterocycles. The summed E-state index contributed by atoms with van der Waals surface area (Å²) < 4.78 is 17.9. The van der Waals surface area contributed by atoms with E-state index in [9.17, 15) is 4.39 Å². The first kappa shape index (κ1) is 11.3. The highest BCUT2D eigenvalue weighted by Gasteiger charge is 2.20. The van der Waals surface area contributed by atoms with Gasteiger partial charge in [0.25, 0.3) is 0 Å². The van der Waals surface area contributed by atoms with Gasteiger partial charge < -0.3 is 9.84 Å². The van der Waals surface area contributed by atoms with E-state index >= 15 is 0 Å². The molecule has 0 amide bonds. The zero-order valence-corrected chi connectivity index (χ0v) is 9.90. The van der Waals surface area contributed by atoms with E-state index in [1.54, 1.807) is 12.1 Å². The first-order valence-electron chi connectivity index (χ1n) is 6.10. The zero-order valence-electron chi connectivity index (χ0n) is 9.90. The largest absolute Gasteiger partial charge is 0.338 e. The molecule has 1 aromatic carbocycles. The molecular weight excluding hydrogens is 233 g/mol. The van der Waals surface area contributed by atoms with Crippen LogP contribution in [-0.4, -0.2) is 16.7 Å². The molecule has 2 aromatic rings. The summed E-state index contributed by atoms with van der Waals surface area (Å²) >= 11 is 0. The van der Waals surface area contributed by atoms with E-state index in [4.69, 9.17) is 4.52 Å². The Bertz CT molecular complexity index is 519. The second-order valence-electron chi connectivity index (χ2n) is 4.59. The van der Waals surface area contributed by atoms with Gasteiger partial charge in [-0.25, -0.2) is 4.39 Å². The zero-order chi connectivity index (χ0) is 12.4. The van der Waals surface area contributed by atoms with Crippen LogP contribution >= 0.6 is 0 Å². The lowest BCUT2D eigenvalue weighted by Gasteiger charge is -1.97. The molecule has 0 unspecified atom stereocenters. The van der Waals surface area contributed by atoms with Gasteiger partial charge in [-0.05, 0) is 49.6 Å². The molecule has 3 rings (SSSR count). The van der Waals surface area contributed by atoms with Crippen LogP contribution in [-0.2, 0) is 6.54 Å². The standard InChI is InChI=1S/C13H14FN3O/c14-11-5-3-10(4-6-11)13-16-12(18-17-13)8-15-7-9-1-2-9/h3-6,9,15H,1-2,7-8H2. The van der Waals surface area contributed by atoms with Crippen LogP contribution in [0.4, 0.5) is 4.39 Å². The summed E-state index contributed by atoms with van der Waals surface area (Å²) in [5, 5.41) is 7.16. The first-order chi connectivity index (χ1) is 8.81. The summed E-state index contributed by atoms with van der Waals surface area (Å²) in [4.78, 5) is 4.26. The number of benzene rings is 1. The molecule has 0 spiro atoms. The smallest absolute Gasteiger partial charge is 0.240 e. The Morgan fingerprint density at radius 2 is 2.06 bits per heavy atom. The Hall–Kier alpha value is -1.75. The predicted octanol–water partition coefficient (Wildman–Crippen LogP) is 2.38. The molecule has 0 bridgehead atoms. The van der Waals surface area contributed by atoms with Crippen molar-refractivity contribution in [2.24, 2.45) is 5.92 Å². The number of hydrogen-bond acceptors (Lipinski definition) is 4. The minimum atomic E-state index is -0.270. The van der Waals surface area contributed by atoms with E-state index in [2.05, 4.69) is 15.5 Å². The van der Waals surface area contributed by atoms with E-state index in [1.807, 2.05) is 0 Å². The average molecular weight is 247 g/mol. The number of nitrogens with one attached hydrogen (secondary N) is 1. The molecule has 0 saturated heterocycles. The lowest BCUT2D eigenvalue weighted by Crippen LogP contribution is -2.16. The van der Waals surface area contributed by atoms with Crippen LogP contribution in [0, 0.1) is 11.7 Å². The molecule has 18 heavy (non-hydrogen) atoms. The van der Waals surface area contributed by atoms with Gasteiger partial charge in [-0.15, -0.1) is 0 Å². The van der Waals surface area contributed by atoms with E-state index in [1.165, 1.54) is 25.0 Å². The molecule has 94 valence electrons. The number of aromatic nitrogens is 2. The predicted molar refractivity (Wildman–Crippen MR) is 64.1 cm³/mol. The third-order valence-electron chi connectivity index (χ3n) is 2.98. The van der Waals surface area contributed by atoms with Gasteiger partial charge in [0, 0.05) is 5.56 Å². The van der Waals surface area contributed by atoms with Crippen LogP contribution in [0.3, 0.4) is 0 Å². The number of halogens is 1. The first-order valence-corrected chi connectivity index (χ1v) is 6.10. The molecule has 1 fully saturated rings. The van der Waals surface area contributed by atoms with Crippen LogP contribution < -0.4 is 5.32 Å².